The van der Waals surface area contributed by atoms with Crippen molar-refractivity contribution in [2.45, 2.75) is 40.9 Å². The van der Waals surface area contributed by atoms with Crippen molar-refractivity contribution in [3.63, 3.8) is 0 Å². The van der Waals surface area contributed by atoms with Crippen LogP contribution in [0.15, 0.2) is 47.5 Å². The topological polar surface area (TPSA) is 101 Å². The second kappa shape index (κ2) is 9.78. The number of benzene rings is 2. The molecule has 3 N–H and O–H groups in total. The van der Waals surface area contributed by atoms with Crippen molar-refractivity contribution >= 4 is 11.8 Å². The van der Waals surface area contributed by atoms with Crippen LogP contribution in [0.4, 0.5) is 26.3 Å². The Bertz CT molecular complexity index is 1190. The van der Waals surface area contributed by atoms with Crippen molar-refractivity contribution in [1.29, 1.82) is 0 Å². The van der Waals surface area contributed by atoms with Gasteiger partial charge in [-0.25, -0.2) is 17.9 Å². The Morgan fingerprint density at radius 2 is 1.71 bits per heavy atom. The predicted molar refractivity (Wildman–Crippen MR) is 109 cm³/mol. The monoisotopic (exact) mass is 521 g/mol. The van der Waals surface area contributed by atoms with Crippen molar-refractivity contribution in [2.75, 3.05) is 6.61 Å². The molecule has 1 aliphatic rings. The average molecular weight is 521 g/mol. The number of aromatic nitrogens is 3. The van der Waals surface area contributed by atoms with Crippen molar-refractivity contribution in [2.24, 2.45) is 0 Å². The number of halogens is 6. The molecule has 1 saturated heterocycles. The molecule has 188 valence electrons. The zero-order chi connectivity index (χ0) is 25.5. The lowest BCUT2D eigenvalue weighted by molar-refractivity contribution is -0.178. The Balaban J connectivity index is 1.63. The van der Waals surface area contributed by atoms with E-state index >= 15 is 0 Å². The van der Waals surface area contributed by atoms with E-state index < -0.39 is 65.6 Å². The van der Waals surface area contributed by atoms with E-state index in [-0.39, 0.29) is 16.2 Å². The molecular weight excluding hydrogens is 504 g/mol. The molecule has 2 heterocycles. The van der Waals surface area contributed by atoms with E-state index in [2.05, 4.69) is 10.3 Å². The molecule has 0 radical (unpaired) electrons. The summed E-state index contributed by atoms with van der Waals surface area (Å²) in [6.45, 7) is -0.694. The highest BCUT2D eigenvalue weighted by Crippen LogP contribution is 2.40. The van der Waals surface area contributed by atoms with E-state index in [9.17, 15) is 41.7 Å². The number of thioether (sulfide) groups is 1. The fraction of sp³-hybridized carbons (Fsp3) is 0.333. The van der Waals surface area contributed by atoms with Crippen molar-refractivity contribution in [1.82, 2.24) is 15.0 Å². The highest BCUT2D eigenvalue weighted by atomic mass is 32.2. The van der Waals surface area contributed by atoms with Crippen LogP contribution in [0.5, 0.6) is 0 Å². The van der Waals surface area contributed by atoms with Gasteiger partial charge in [-0.2, -0.15) is 13.2 Å². The van der Waals surface area contributed by atoms with Gasteiger partial charge in [0, 0.05) is 10.5 Å². The maximum Gasteiger partial charge on any atom is 0.416 e. The Hall–Kier alpha value is -2.65. The number of aliphatic hydroxyl groups excluding tert-OH is 3. The Labute approximate surface area is 198 Å². The van der Waals surface area contributed by atoms with E-state index in [1.54, 1.807) is 0 Å². The third-order valence-electron chi connectivity index (χ3n) is 5.36. The van der Waals surface area contributed by atoms with Crippen LogP contribution in [0, 0.1) is 17.5 Å². The first-order valence-electron chi connectivity index (χ1n) is 10.0. The Morgan fingerprint density at radius 1 is 1.03 bits per heavy atom. The molecule has 1 fully saturated rings. The molecule has 35 heavy (non-hydrogen) atoms. The summed E-state index contributed by atoms with van der Waals surface area (Å²) in [5, 5.41) is 38.7. The van der Waals surface area contributed by atoms with E-state index in [1.165, 1.54) is 12.1 Å². The second-order valence-corrected chi connectivity index (χ2v) is 8.85. The van der Waals surface area contributed by atoms with Gasteiger partial charge in [0.05, 0.1) is 18.4 Å². The smallest absolute Gasteiger partial charge is 0.394 e. The Kier molecular flexibility index (Phi) is 7.11. The summed E-state index contributed by atoms with van der Waals surface area (Å²) in [5.74, 6) is -4.59. The number of hydrogen-bond acceptors (Lipinski definition) is 7. The van der Waals surface area contributed by atoms with Crippen LogP contribution < -0.4 is 0 Å². The van der Waals surface area contributed by atoms with Crippen LogP contribution in [0.25, 0.3) is 11.3 Å². The van der Waals surface area contributed by atoms with Crippen molar-refractivity contribution in [3.05, 3.63) is 65.6 Å². The number of ether oxygens (including phenoxy) is 1. The largest absolute Gasteiger partial charge is 0.416 e. The Morgan fingerprint density at radius 3 is 2.34 bits per heavy atom. The van der Waals surface area contributed by atoms with E-state index in [4.69, 9.17) is 4.74 Å². The standard InChI is InChI=1S/C21H17F6N3O4S/c22-12-4-9(5-13(23)16(12)24)14-7-30(29-28-14)17-18(32)15(8-31)34-20(19(17)33)35-11-3-1-2-10(6-11)21(25,26)27/h1-7,15,17-20,31-33H,8H2. The third-order valence-corrected chi connectivity index (χ3v) is 6.51. The van der Waals surface area contributed by atoms with Gasteiger partial charge in [0.25, 0.3) is 0 Å². The molecule has 0 aliphatic carbocycles. The minimum Gasteiger partial charge on any atom is -0.394 e. The van der Waals surface area contributed by atoms with E-state index in [0.29, 0.717) is 12.1 Å². The van der Waals surface area contributed by atoms with Crippen LogP contribution >= 0.6 is 11.8 Å². The molecule has 7 nitrogen and oxygen atoms in total. The molecule has 1 aliphatic heterocycles. The van der Waals surface area contributed by atoms with Crippen LogP contribution in [-0.4, -0.2) is 60.7 Å². The summed E-state index contributed by atoms with van der Waals surface area (Å²) < 4.78 is 86.1. The quantitative estimate of drug-likeness (QED) is 0.350. The summed E-state index contributed by atoms with van der Waals surface area (Å²) in [4.78, 5) is 0.104. The first kappa shape index (κ1) is 25.4. The summed E-state index contributed by atoms with van der Waals surface area (Å²) in [6, 6.07) is 4.36. The number of aliphatic hydroxyl groups is 3. The molecule has 2 aromatic carbocycles. The minimum absolute atomic E-state index is 0.104. The van der Waals surface area contributed by atoms with E-state index in [0.717, 1.165) is 34.8 Å². The molecule has 3 aromatic rings. The maximum atomic E-state index is 13.6. The molecule has 4 rings (SSSR count). The molecule has 0 bridgehead atoms. The van der Waals surface area contributed by atoms with Crippen LogP contribution in [0.3, 0.4) is 0 Å². The minimum atomic E-state index is -4.59. The molecule has 0 spiro atoms. The van der Waals surface area contributed by atoms with Gasteiger partial charge in [-0.3, -0.25) is 0 Å². The molecular formula is C21H17F6N3O4S. The van der Waals surface area contributed by atoms with Gasteiger partial charge in [-0.15, -0.1) is 5.10 Å². The third kappa shape index (κ3) is 5.16. The van der Waals surface area contributed by atoms with Crippen LogP contribution in [-0.2, 0) is 10.9 Å². The highest BCUT2D eigenvalue weighted by molar-refractivity contribution is 7.99. The van der Waals surface area contributed by atoms with Crippen LogP contribution in [0.1, 0.15) is 11.6 Å². The average Bonchev–Trinajstić information content (AvgIpc) is 3.28. The SMILES string of the molecule is OCC1OC(Sc2cccc(C(F)(F)F)c2)C(O)C(n2cc(-c3cc(F)c(F)c(F)c3)nn2)C1O. The zero-order valence-electron chi connectivity index (χ0n) is 17.4. The predicted octanol–water partition coefficient (Wildman–Crippen LogP) is 3.15. The van der Waals surface area contributed by atoms with Gasteiger partial charge in [0.1, 0.15) is 35.5 Å². The number of alkyl halides is 3. The molecule has 1 aromatic heterocycles. The number of rotatable bonds is 5. The van der Waals surface area contributed by atoms with Crippen molar-refractivity contribution < 1.29 is 46.4 Å². The first-order chi connectivity index (χ1) is 16.5. The molecule has 5 unspecified atom stereocenters. The second-order valence-electron chi connectivity index (χ2n) is 7.68. The van der Waals surface area contributed by atoms with Gasteiger partial charge in [0.2, 0.25) is 0 Å². The van der Waals surface area contributed by atoms with Gasteiger partial charge >= 0.3 is 6.18 Å². The van der Waals surface area contributed by atoms with Gasteiger partial charge < -0.3 is 20.1 Å². The first-order valence-corrected chi connectivity index (χ1v) is 10.9. The van der Waals surface area contributed by atoms with E-state index in [1.807, 2.05) is 0 Å². The molecule has 0 amide bonds. The number of hydrogen-bond donors (Lipinski definition) is 3. The molecule has 5 atom stereocenters. The summed E-state index contributed by atoms with van der Waals surface area (Å²) >= 11 is 0.734. The summed E-state index contributed by atoms with van der Waals surface area (Å²) in [5.41, 5.74) is -2.44. The summed E-state index contributed by atoms with van der Waals surface area (Å²) in [7, 11) is 0. The summed E-state index contributed by atoms with van der Waals surface area (Å²) in [6.07, 6.45) is -7.81. The normalized spacial score (nSPS) is 25.1. The van der Waals surface area contributed by atoms with Gasteiger partial charge in [-0.05, 0) is 30.3 Å². The van der Waals surface area contributed by atoms with Crippen molar-refractivity contribution in [3.8, 4) is 11.3 Å². The fourth-order valence-corrected chi connectivity index (χ4v) is 4.73. The molecule has 14 heteroatoms. The zero-order valence-corrected chi connectivity index (χ0v) is 18.2. The highest BCUT2D eigenvalue weighted by Gasteiger charge is 2.46. The lowest BCUT2D eigenvalue weighted by Crippen LogP contribution is -2.55. The van der Waals surface area contributed by atoms with Crippen LogP contribution in [0.2, 0.25) is 0 Å². The molecule has 0 saturated carbocycles. The number of nitrogens with zero attached hydrogens (tertiary/aromatic N) is 3. The fourth-order valence-electron chi connectivity index (χ4n) is 3.62. The maximum absolute atomic E-state index is 13.6. The lowest BCUT2D eigenvalue weighted by Gasteiger charge is -2.41. The van der Waals surface area contributed by atoms with Gasteiger partial charge in [-0.1, -0.05) is 23.0 Å². The van der Waals surface area contributed by atoms with Gasteiger partial charge in [0.15, 0.2) is 17.5 Å². The lowest BCUT2D eigenvalue weighted by atomic mass is 9.97.